The maximum absolute atomic E-state index is 6.50. The number of halogens is 4. The summed E-state index contributed by atoms with van der Waals surface area (Å²) >= 11 is 24.1. The number of hydrogen-bond donors (Lipinski definition) is 1. The molecular formula is C16H25Cl4N. The van der Waals surface area contributed by atoms with Crippen molar-refractivity contribution in [3.63, 3.8) is 0 Å². The molecule has 1 rings (SSSR count). The smallest absolute Gasteiger partial charge is 0.158 e. The molecule has 1 unspecified atom stereocenters. The van der Waals surface area contributed by atoms with Crippen molar-refractivity contribution in [3.05, 3.63) is 24.3 Å². The summed E-state index contributed by atoms with van der Waals surface area (Å²) < 4.78 is 0. The van der Waals surface area contributed by atoms with Crippen LogP contribution in [0.4, 0.5) is 0 Å². The van der Waals surface area contributed by atoms with E-state index in [1.807, 2.05) is 0 Å². The van der Waals surface area contributed by atoms with Crippen molar-refractivity contribution < 1.29 is 0 Å². The maximum atomic E-state index is 6.50. The normalized spacial score (nSPS) is 26.9. The molecule has 0 radical (unpaired) electrons. The second-order valence-corrected chi connectivity index (χ2v) is 8.56. The van der Waals surface area contributed by atoms with Crippen LogP contribution < -0.4 is 5.32 Å². The minimum absolute atomic E-state index is 0.0641. The Balaban J connectivity index is 2.52. The topological polar surface area (TPSA) is 12.0 Å². The predicted molar refractivity (Wildman–Crippen MR) is 96.8 cm³/mol. The number of nitrogens with one attached hydrogen (secondary N) is 1. The van der Waals surface area contributed by atoms with Gasteiger partial charge in [0.15, 0.2) is 4.96 Å². The molecule has 0 aliphatic heterocycles. The molecule has 1 nitrogen and oxygen atoms in total. The summed E-state index contributed by atoms with van der Waals surface area (Å²) in [5, 5.41) is 2.92. The molecule has 122 valence electrons. The Morgan fingerprint density at radius 2 is 2.00 bits per heavy atom. The van der Waals surface area contributed by atoms with Crippen molar-refractivity contribution in [1.29, 1.82) is 0 Å². The molecule has 0 bridgehead atoms. The number of allylic oxidation sites excluding steroid dienone is 1. The van der Waals surface area contributed by atoms with E-state index in [-0.39, 0.29) is 16.2 Å². The maximum Gasteiger partial charge on any atom is 0.158 e. The van der Waals surface area contributed by atoms with E-state index in [0.29, 0.717) is 12.5 Å². The van der Waals surface area contributed by atoms with E-state index in [1.165, 1.54) is 5.57 Å². The predicted octanol–water partition coefficient (Wildman–Crippen LogP) is 5.88. The highest BCUT2D eigenvalue weighted by atomic mass is 35.5. The lowest BCUT2D eigenvalue weighted by Crippen LogP contribution is -2.38. The lowest BCUT2D eigenvalue weighted by Gasteiger charge is -2.44. The monoisotopic (exact) mass is 371 g/mol. The molecule has 0 aromatic carbocycles. The van der Waals surface area contributed by atoms with Gasteiger partial charge in [0, 0.05) is 11.9 Å². The van der Waals surface area contributed by atoms with Crippen LogP contribution >= 0.6 is 46.4 Å². The molecule has 1 N–H and O–H groups in total. The second-order valence-electron chi connectivity index (χ2n) is 6.41. The number of hydrogen-bond acceptors (Lipinski definition) is 1. The number of alkyl halides is 4. The first-order valence-electron chi connectivity index (χ1n) is 7.31. The van der Waals surface area contributed by atoms with Gasteiger partial charge in [0.25, 0.3) is 0 Å². The first kappa shape index (κ1) is 19.6. The van der Waals surface area contributed by atoms with Crippen molar-refractivity contribution in [2.45, 2.75) is 55.2 Å². The lowest BCUT2D eigenvalue weighted by atomic mass is 9.64. The average Bonchev–Trinajstić information content (AvgIpc) is 2.40. The van der Waals surface area contributed by atoms with Crippen LogP contribution in [0, 0.1) is 11.3 Å². The zero-order valence-corrected chi connectivity index (χ0v) is 15.8. The molecule has 0 aromatic heterocycles. The molecule has 3 atom stereocenters. The van der Waals surface area contributed by atoms with E-state index in [4.69, 9.17) is 46.4 Å². The Morgan fingerprint density at radius 1 is 1.38 bits per heavy atom. The third-order valence-electron chi connectivity index (χ3n) is 4.57. The molecule has 1 saturated carbocycles. The van der Waals surface area contributed by atoms with Crippen molar-refractivity contribution in [3.8, 4) is 0 Å². The van der Waals surface area contributed by atoms with E-state index >= 15 is 0 Å². The largest absolute Gasteiger partial charge is 0.287 e. The molecule has 0 spiro atoms. The molecule has 5 heteroatoms. The van der Waals surface area contributed by atoms with Gasteiger partial charge in [0.1, 0.15) is 0 Å². The Labute approximate surface area is 149 Å². The van der Waals surface area contributed by atoms with Crippen LogP contribution in [0.3, 0.4) is 0 Å². The van der Waals surface area contributed by atoms with Gasteiger partial charge in [-0.3, -0.25) is 5.32 Å². The molecular weight excluding hydrogens is 348 g/mol. The van der Waals surface area contributed by atoms with Crippen LogP contribution in [0.5, 0.6) is 0 Å². The minimum Gasteiger partial charge on any atom is -0.287 e. The van der Waals surface area contributed by atoms with Crippen molar-refractivity contribution in [1.82, 2.24) is 5.32 Å². The molecule has 0 heterocycles. The van der Waals surface area contributed by atoms with Gasteiger partial charge >= 0.3 is 0 Å². The van der Waals surface area contributed by atoms with Crippen molar-refractivity contribution in [2.75, 3.05) is 6.54 Å². The Bertz CT molecular complexity index is 378. The molecule has 21 heavy (non-hydrogen) atoms. The summed E-state index contributed by atoms with van der Waals surface area (Å²) in [6, 6.07) is 0. The zero-order valence-electron chi connectivity index (χ0n) is 12.8. The van der Waals surface area contributed by atoms with Crippen LogP contribution in [0.15, 0.2) is 24.3 Å². The SMILES string of the molecule is C=C(CC[C@@H]1C(=C)CC[C@H](Cl)C1(C)C)C(Cl)CNC(Cl)Cl. The van der Waals surface area contributed by atoms with Crippen LogP contribution in [-0.2, 0) is 0 Å². The van der Waals surface area contributed by atoms with Gasteiger partial charge in [-0.1, -0.05) is 61.4 Å². The fourth-order valence-corrected chi connectivity index (χ4v) is 3.64. The fraction of sp³-hybridized carbons (Fsp3) is 0.750. The highest BCUT2D eigenvalue weighted by Crippen LogP contribution is 2.48. The van der Waals surface area contributed by atoms with Gasteiger partial charge in [-0.05, 0) is 37.0 Å². The summed E-state index contributed by atoms with van der Waals surface area (Å²) in [6.07, 6.45) is 3.88. The minimum atomic E-state index is -0.604. The van der Waals surface area contributed by atoms with Crippen LogP contribution in [0.25, 0.3) is 0 Å². The highest BCUT2D eigenvalue weighted by molar-refractivity contribution is 6.43. The van der Waals surface area contributed by atoms with Gasteiger partial charge in [-0.25, -0.2) is 0 Å². The van der Waals surface area contributed by atoms with Crippen LogP contribution in [0.2, 0.25) is 0 Å². The van der Waals surface area contributed by atoms with E-state index < -0.39 is 4.96 Å². The summed E-state index contributed by atoms with van der Waals surface area (Å²) in [4.78, 5) is -0.604. The fourth-order valence-electron chi connectivity index (χ4n) is 3.00. The summed E-state index contributed by atoms with van der Waals surface area (Å²) in [5.74, 6) is 0.413. The van der Waals surface area contributed by atoms with E-state index in [0.717, 1.165) is 31.3 Å². The average molecular weight is 373 g/mol. The standard InChI is InChI=1S/C16H25Cl4N/c1-10-6-8-14(18)16(3,4)12(10)7-5-11(2)13(17)9-21-15(19)20/h12-15,21H,1-2,5-9H2,3-4H3/t12-,13?,14+/m1/s1. The Kier molecular flexibility index (Phi) is 7.91. The van der Waals surface area contributed by atoms with Crippen molar-refractivity contribution in [2.24, 2.45) is 11.3 Å². The third-order valence-corrected chi connectivity index (χ3v) is 6.12. The van der Waals surface area contributed by atoms with Gasteiger partial charge in [-0.2, -0.15) is 0 Å². The Hall–Kier alpha value is 0.600. The van der Waals surface area contributed by atoms with Gasteiger partial charge in [0.2, 0.25) is 0 Å². The number of rotatable bonds is 7. The first-order valence-corrected chi connectivity index (χ1v) is 9.05. The lowest BCUT2D eigenvalue weighted by molar-refractivity contribution is 0.186. The molecule has 1 aliphatic carbocycles. The van der Waals surface area contributed by atoms with Crippen molar-refractivity contribution >= 4 is 46.4 Å². The quantitative estimate of drug-likeness (QED) is 0.334. The van der Waals surface area contributed by atoms with E-state index in [1.54, 1.807) is 0 Å². The van der Waals surface area contributed by atoms with Gasteiger partial charge in [-0.15, -0.1) is 23.2 Å². The van der Waals surface area contributed by atoms with E-state index in [9.17, 15) is 0 Å². The molecule has 0 aromatic rings. The zero-order chi connectivity index (χ0) is 16.2. The first-order chi connectivity index (χ1) is 9.66. The highest BCUT2D eigenvalue weighted by Gasteiger charge is 2.40. The van der Waals surface area contributed by atoms with Crippen LogP contribution in [-0.4, -0.2) is 22.3 Å². The van der Waals surface area contributed by atoms with Gasteiger partial charge < -0.3 is 0 Å². The molecule has 0 saturated heterocycles. The van der Waals surface area contributed by atoms with E-state index in [2.05, 4.69) is 32.3 Å². The Morgan fingerprint density at radius 3 is 2.57 bits per heavy atom. The summed E-state index contributed by atoms with van der Waals surface area (Å²) in [7, 11) is 0. The third kappa shape index (κ3) is 5.62. The summed E-state index contributed by atoms with van der Waals surface area (Å²) in [6.45, 7) is 13.3. The second kappa shape index (κ2) is 8.45. The van der Waals surface area contributed by atoms with Gasteiger partial charge in [0.05, 0.1) is 5.38 Å². The molecule has 0 amide bonds. The summed E-state index contributed by atoms with van der Waals surface area (Å²) in [5.41, 5.74) is 2.36. The molecule has 1 aliphatic rings. The molecule has 1 fully saturated rings. The van der Waals surface area contributed by atoms with Crippen LogP contribution in [0.1, 0.15) is 39.5 Å².